The summed E-state index contributed by atoms with van der Waals surface area (Å²) >= 11 is 0. The van der Waals surface area contributed by atoms with E-state index in [1.165, 1.54) is 3.97 Å². The lowest BCUT2D eigenvalue weighted by atomic mass is 10.1. The van der Waals surface area contributed by atoms with E-state index in [-0.39, 0.29) is 10.9 Å². The molecule has 5 rings (SSSR count). The predicted molar refractivity (Wildman–Crippen MR) is 111 cm³/mol. The van der Waals surface area contributed by atoms with Crippen LogP contribution in [0.4, 0.5) is 5.82 Å². The molecule has 2 aromatic heterocycles. The van der Waals surface area contributed by atoms with Crippen LogP contribution < -0.4 is 10.6 Å². The summed E-state index contributed by atoms with van der Waals surface area (Å²) in [4.78, 5) is 5.05. The van der Waals surface area contributed by atoms with Crippen LogP contribution in [0.25, 0.3) is 21.8 Å². The van der Waals surface area contributed by atoms with Crippen molar-refractivity contribution in [2.24, 2.45) is 0 Å². The molecule has 1 fully saturated rings. The van der Waals surface area contributed by atoms with E-state index in [0.717, 1.165) is 41.6 Å². The molecule has 0 saturated carbocycles. The van der Waals surface area contributed by atoms with Crippen LogP contribution >= 0.6 is 0 Å². The fourth-order valence-corrected chi connectivity index (χ4v) is 5.20. The molecule has 3 heterocycles. The lowest BCUT2D eigenvalue weighted by Gasteiger charge is -2.15. The van der Waals surface area contributed by atoms with Crippen LogP contribution in [0.1, 0.15) is 6.42 Å². The second-order valence-electron chi connectivity index (χ2n) is 7.00. The summed E-state index contributed by atoms with van der Waals surface area (Å²) in [5.74, 6) is 0.726. The second-order valence-corrected chi connectivity index (χ2v) is 8.82. The largest absolute Gasteiger partial charge is 0.365 e. The standard InChI is InChI=1S/C21H20N4O2S/c26-28(27,16-6-2-1-3-7-16)25-13-11-18-20(25)17-8-4-5-9-19(17)24-21(18)23-15-10-12-22-14-15/h1-9,11,13,15,22H,10,12,14H2,(H,23,24). The Kier molecular flexibility index (Phi) is 4.07. The monoisotopic (exact) mass is 392 g/mol. The SMILES string of the molecule is O=S(=O)(c1ccccc1)n1ccc2c(NC3CCNC3)nc3ccccc3c21. The number of hydrogen-bond donors (Lipinski definition) is 2. The number of hydrogen-bond acceptors (Lipinski definition) is 5. The van der Waals surface area contributed by atoms with E-state index in [0.29, 0.717) is 5.52 Å². The minimum Gasteiger partial charge on any atom is -0.365 e. The molecule has 0 aliphatic carbocycles. The third kappa shape index (κ3) is 2.75. The third-order valence-corrected chi connectivity index (χ3v) is 6.89. The number of aromatic nitrogens is 2. The minimum absolute atomic E-state index is 0.267. The quantitative estimate of drug-likeness (QED) is 0.558. The molecule has 142 valence electrons. The zero-order valence-corrected chi connectivity index (χ0v) is 16.0. The highest BCUT2D eigenvalue weighted by Crippen LogP contribution is 2.33. The molecule has 0 radical (unpaired) electrons. The molecule has 1 aliphatic heterocycles. The van der Waals surface area contributed by atoms with Crippen molar-refractivity contribution in [1.29, 1.82) is 0 Å². The number of benzene rings is 2. The van der Waals surface area contributed by atoms with Gasteiger partial charge in [-0.3, -0.25) is 0 Å². The number of fused-ring (bicyclic) bond motifs is 3. The second kappa shape index (κ2) is 6.61. The van der Waals surface area contributed by atoms with Crippen LogP contribution in [0.3, 0.4) is 0 Å². The molecule has 0 amide bonds. The smallest absolute Gasteiger partial charge is 0.268 e. The van der Waals surface area contributed by atoms with E-state index < -0.39 is 10.0 Å². The Labute approximate surface area is 163 Å². The van der Waals surface area contributed by atoms with Gasteiger partial charge in [-0.1, -0.05) is 36.4 Å². The normalized spacial score (nSPS) is 17.4. The van der Waals surface area contributed by atoms with Crippen LogP contribution in [0.15, 0.2) is 71.8 Å². The summed E-state index contributed by atoms with van der Waals surface area (Å²) in [6.45, 7) is 1.84. The van der Waals surface area contributed by atoms with Gasteiger partial charge in [0.25, 0.3) is 10.0 Å². The van der Waals surface area contributed by atoms with Gasteiger partial charge < -0.3 is 10.6 Å². The van der Waals surface area contributed by atoms with E-state index in [9.17, 15) is 8.42 Å². The average molecular weight is 392 g/mol. The highest BCUT2D eigenvalue weighted by molar-refractivity contribution is 7.90. The lowest BCUT2D eigenvalue weighted by molar-refractivity contribution is 0.589. The molecule has 2 aromatic carbocycles. The Morgan fingerprint density at radius 3 is 2.57 bits per heavy atom. The van der Waals surface area contributed by atoms with Gasteiger partial charge in [0.1, 0.15) is 5.82 Å². The van der Waals surface area contributed by atoms with E-state index in [1.54, 1.807) is 30.5 Å². The van der Waals surface area contributed by atoms with Crippen LogP contribution in [0.2, 0.25) is 0 Å². The molecule has 2 N–H and O–H groups in total. The van der Waals surface area contributed by atoms with Crippen molar-refractivity contribution in [3.05, 3.63) is 66.9 Å². The molecule has 1 unspecified atom stereocenters. The summed E-state index contributed by atoms with van der Waals surface area (Å²) in [5, 5.41) is 8.46. The predicted octanol–water partition coefficient (Wildman–Crippen LogP) is 3.20. The van der Waals surface area contributed by atoms with E-state index in [1.807, 2.05) is 36.4 Å². The van der Waals surface area contributed by atoms with E-state index in [4.69, 9.17) is 4.98 Å². The van der Waals surface area contributed by atoms with Gasteiger partial charge in [-0.05, 0) is 37.2 Å². The summed E-state index contributed by atoms with van der Waals surface area (Å²) in [6.07, 6.45) is 2.64. The number of nitrogens with zero attached hydrogens (tertiary/aromatic N) is 2. The zero-order chi connectivity index (χ0) is 19.1. The fourth-order valence-electron chi connectivity index (χ4n) is 3.81. The molecule has 0 bridgehead atoms. The van der Waals surface area contributed by atoms with Crippen LogP contribution in [0, 0.1) is 0 Å². The highest BCUT2D eigenvalue weighted by Gasteiger charge is 2.23. The van der Waals surface area contributed by atoms with Crippen LogP contribution in [-0.4, -0.2) is 36.5 Å². The van der Waals surface area contributed by atoms with Crippen molar-refractivity contribution in [3.8, 4) is 0 Å². The first-order chi connectivity index (χ1) is 13.6. The van der Waals surface area contributed by atoms with Crippen molar-refractivity contribution in [2.75, 3.05) is 18.4 Å². The Balaban J connectivity index is 1.77. The first kappa shape index (κ1) is 17.2. The maximum absolute atomic E-state index is 13.3. The molecule has 0 spiro atoms. The highest BCUT2D eigenvalue weighted by atomic mass is 32.2. The van der Waals surface area contributed by atoms with Crippen molar-refractivity contribution < 1.29 is 8.42 Å². The Hall–Kier alpha value is -2.90. The molecule has 6 nitrogen and oxygen atoms in total. The third-order valence-electron chi connectivity index (χ3n) is 5.20. The molecule has 7 heteroatoms. The number of anilines is 1. The van der Waals surface area contributed by atoms with Gasteiger partial charge in [0, 0.05) is 29.6 Å². The Morgan fingerprint density at radius 2 is 1.79 bits per heavy atom. The van der Waals surface area contributed by atoms with Crippen molar-refractivity contribution >= 4 is 37.6 Å². The van der Waals surface area contributed by atoms with Gasteiger partial charge >= 0.3 is 0 Å². The summed E-state index contributed by atoms with van der Waals surface area (Å²) in [7, 11) is -3.71. The number of rotatable bonds is 4. The van der Waals surface area contributed by atoms with Crippen LogP contribution in [0.5, 0.6) is 0 Å². The average Bonchev–Trinajstić information content (AvgIpc) is 3.39. The van der Waals surface area contributed by atoms with Gasteiger partial charge in [0.2, 0.25) is 0 Å². The molecular weight excluding hydrogens is 372 g/mol. The summed E-state index contributed by atoms with van der Waals surface area (Å²) in [6, 6.07) is 18.3. The summed E-state index contributed by atoms with van der Waals surface area (Å²) in [5.41, 5.74) is 1.43. The van der Waals surface area contributed by atoms with Gasteiger partial charge in [0.05, 0.1) is 15.9 Å². The first-order valence-electron chi connectivity index (χ1n) is 9.32. The van der Waals surface area contributed by atoms with Gasteiger partial charge in [0.15, 0.2) is 0 Å². The molecule has 1 saturated heterocycles. The summed E-state index contributed by atoms with van der Waals surface area (Å²) < 4.78 is 28.0. The lowest BCUT2D eigenvalue weighted by Crippen LogP contribution is -2.22. The first-order valence-corrected chi connectivity index (χ1v) is 10.8. The van der Waals surface area contributed by atoms with Gasteiger partial charge in [-0.15, -0.1) is 0 Å². The number of nitrogens with one attached hydrogen (secondary N) is 2. The van der Waals surface area contributed by atoms with Crippen molar-refractivity contribution in [1.82, 2.24) is 14.3 Å². The zero-order valence-electron chi connectivity index (χ0n) is 15.2. The van der Waals surface area contributed by atoms with Gasteiger partial charge in [-0.2, -0.15) is 0 Å². The van der Waals surface area contributed by atoms with Crippen molar-refractivity contribution in [2.45, 2.75) is 17.4 Å². The maximum Gasteiger partial charge on any atom is 0.268 e. The number of para-hydroxylation sites is 1. The van der Waals surface area contributed by atoms with E-state index in [2.05, 4.69) is 10.6 Å². The molecular formula is C21H20N4O2S. The van der Waals surface area contributed by atoms with E-state index >= 15 is 0 Å². The number of pyridine rings is 1. The molecule has 1 atom stereocenters. The molecule has 28 heavy (non-hydrogen) atoms. The fraction of sp³-hybridized carbons (Fsp3) is 0.190. The molecule has 4 aromatic rings. The maximum atomic E-state index is 13.3. The topological polar surface area (TPSA) is 76.0 Å². The Bertz CT molecular complexity index is 1260. The minimum atomic E-state index is -3.71. The van der Waals surface area contributed by atoms with Gasteiger partial charge in [-0.25, -0.2) is 17.4 Å². The molecule has 1 aliphatic rings. The Morgan fingerprint density at radius 1 is 1.00 bits per heavy atom. The van der Waals surface area contributed by atoms with Crippen LogP contribution in [-0.2, 0) is 10.0 Å². The van der Waals surface area contributed by atoms with Crippen molar-refractivity contribution in [3.63, 3.8) is 0 Å².